The number of thioether (sulfide) groups is 1. The summed E-state index contributed by atoms with van der Waals surface area (Å²) in [5, 5.41) is 2.77. The zero-order valence-electron chi connectivity index (χ0n) is 11.7. The highest BCUT2D eigenvalue weighted by atomic mass is 32.2. The number of benzene rings is 1. The van der Waals surface area contributed by atoms with E-state index >= 15 is 0 Å². The molecule has 0 heterocycles. The summed E-state index contributed by atoms with van der Waals surface area (Å²) in [5.41, 5.74) is 0.954. The first-order valence-corrected chi connectivity index (χ1v) is 8.08. The number of hydrogen-bond donors (Lipinski definition) is 1. The van der Waals surface area contributed by atoms with Gasteiger partial charge in [-0.1, -0.05) is 18.9 Å². The molecule has 2 nitrogen and oxygen atoms in total. The van der Waals surface area contributed by atoms with Crippen LogP contribution in [0.25, 0.3) is 0 Å². The van der Waals surface area contributed by atoms with Gasteiger partial charge in [-0.3, -0.25) is 4.79 Å². The molecule has 0 fully saturated rings. The Labute approximate surface area is 119 Å². The Kier molecular flexibility index (Phi) is 7.56. The maximum atomic E-state index is 13.6. The van der Waals surface area contributed by atoms with E-state index in [-0.39, 0.29) is 11.5 Å². The van der Waals surface area contributed by atoms with Gasteiger partial charge in [0.05, 0.1) is 5.56 Å². The molecule has 0 saturated heterocycles. The molecule has 1 aromatic carbocycles. The smallest absolute Gasteiger partial charge is 0.254 e. The van der Waals surface area contributed by atoms with Crippen LogP contribution in [0.1, 0.15) is 41.6 Å². The van der Waals surface area contributed by atoms with Crippen LogP contribution in [-0.2, 0) is 0 Å². The third kappa shape index (κ3) is 6.10. The van der Waals surface area contributed by atoms with Crippen LogP contribution < -0.4 is 5.32 Å². The van der Waals surface area contributed by atoms with Crippen molar-refractivity contribution < 1.29 is 9.18 Å². The summed E-state index contributed by atoms with van der Waals surface area (Å²) in [7, 11) is 0. The molecule has 0 spiro atoms. The monoisotopic (exact) mass is 283 g/mol. The van der Waals surface area contributed by atoms with E-state index in [1.165, 1.54) is 24.7 Å². The molecule has 1 amide bonds. The van der Waals surface area contributed by atoms with Crippen molar-refractivity contribution in [1.82, 2.24) is 5.32 Å². The summed E-state index contributed by atoms with van der Waals surface area (Å²) in [6.07, 6.45) is 6.58. The Morgan fingerprint density at radius 1 is 1.26 bits per heavy atom. The second kappa shape index (κ2) is 8.97. The lowest BCUT2D eigenvalue weighted by Crippen LogP contribution is -2.25. The average molecular weight is 283 g/mol. The van der Waals surface area contributed by atoms with Gasteiger partial charge in [0.1, 0.15) is 5.82 Å². The fourth-order valence-electron chi connectivity index (χ4n) is 1.83. The van der Waals surface area contributed by atoms with Crippen molar-refractivity contribution in [3.8, 4) is 0 Å². The molecular formula is C15H22FNOS. The Bertz CT molecular complexity index is 409. The summed E-state index contributed by atoms with van der Waals surface area (Å²) < 4.78 is 13.6. The largest absolute Gasteiger partial charge is 0.352 e. The SMILES string of the molecule is CSCCCCCCNC(=O)c1ccc(C)cc1F. The van der Waals surface area contributed by atoms with E-state index in [0.717, 1.165) is 18.4 Å². The number of nitrogens with one attached hydrogen (secondary N) is 1. The fraction of sp³-hybridized carbons (Fsp3) is 0.533. The first kappa shape index (κ1) is 16.0. The number of aryl methyl sites for hydroxylation is 1. The van der Waals surface area contributed by atoms with Gasteiger partial charge >= 0.3 is 0 Å². The Morgan fingerprint density at radius 3 is 2.68 bits per heavy atom. The molecular weight excluding hydrogens is 261 g/mol. The van der Waals surface area contributed by atoms with Crippen molar-refractivity contribution in [2.24, 2.45) is 0 Å². The lowest BCUT2D eigenvalue weighted by atomic mass is 10.1. The number of carbonyl (C=O) groups is 1. The van der Waals surface area contributed by atoms with Gasteiger partial charge in [0.25, 0.3) is 5.91 Å². The lowest BCUT2D eigenvalue weighted by molar-refractivity contribution is 0.0949. The van der Waals surface area contributed by atoms with Crippen molar-refractivity contribution in [2.75, 3.05) is 18.6 Å². The zero-order chi connectivity index (χ0) is 14.1. The summed E-state index contributed by atoms with van der Waals surface area (Å²) in [6.45, 7) is 2.42. The van der Waals surface area contributed by atoms with Gasteiger partial charge in [-0.2, -0.15) is 11.8 Å². The maximum absolute atomic E-state index is 13.6. The van der Waals surface area contributed by atoms with Crippen LogP contribution in [0.2, 0.25) is 0 Å². The second-order valence-corrected chi connectivity index (χ2v) is 5.63. The Morgan fingerprint density at radius 2 is 2.00 bits per heavy atom. The molecule has 0 aromatic heterocycles. The molecule has 0 unspecified atom stereocenters. The van der Waals surface area contributed by atoms with Gasteiger partial charge in [-0.05, 0) is 49.5 Å². The zero-order valence-corrected chi connectivity index (χ0v) is 12.5. The fourth-order valence-corrected chi connectivity index (χ4v) is 2.32. The van der Waals surface area contributed by atoms with Gasteiger partial charge in [-0.15, -0.1) is 0 Å². The summed E-state index contributed by atoms with van der Waals surface area (Å²) in [5.74, 6) is 0.431. The van der Waals surface area contributed by atoms with Crippen LogP contribution in [0.15, 0.2) is 18.2 Å². The predicted molar refractivity (Wildman–Crippen MR) is 80.3 cm³/mol. The van der Waals surface area contributed by atoms with E-state index in [0.29, 0.717) is 6.54 Å². The molecule has 0 radical (unpaired) electrons. The molecule has 1 aromatic rings. The van der Waals surface area contributed by atoms with Crippen LogP contribution in [0.5, 0.6) is 0 Å². The molecule has 0 atom stereocenters. The molecule has 0 saturated carbocycles. The van der Waals surface area contributed by atoms with Crippen molar-refractivity contribution in [3.63, 3.8) is 0 Å². The van der Waals surface area contributed by atoms with Gasteiger partial charge < -0.3 is 5.32 Å². The number of amides is 1. The van der Waals surface area contributed by atoms with Crippen molar-refractivity contribution in [2.45, 2.75) is 32.6 Å². The minimum atomic E-state index is -0.447. The molecule has 0 aliphatic heterocycles. The number of unbranched alkanes of at least 4 members (excludes halogenated alkanes) is 3. The lowest BCUT2D eigenvalue weighted by Gasteiger charge is -2.06. The third-order valence-electron chi connectivity index (χ3n) is 2.93. The van der Waals surface area contributed by atoms with Gasteiger partial charge in [0.2, 0.25) is 0 Å². The summed E-state index contributed by atoms with van der Waals surface area (Å²) in [6, 6.07) is 4.68. The molecule has 4 heteroatoms. The van der Waals surface area contributed by atoms with Crippen LogP contribution >= 0.6 is 11.8 Å². The predicted octanol–water partition coefficient (Wildman–Crippen LogP) is 3.79. The Balaban J connectivity index is 2.24. The number of rotatable bonds is 8. The summed E-state index contributed by atoms with van der Waals surface area (Å²) in [4.78, 5) is 11.8. The van der Waals surface area contributed by atoms with Gasteiger partial charge in [0.15, 0.2) is 0 Å². The molecule has 19 heavy (non-hydrogen) atoms. The van der Waals surface area contributed by atoms with Crippen molar-refractivity contribution >= 4 is 17.7 Å². The van der Waals surface area contributed by atoms with E-state index in [2.05, 4.69) is 11.6 Å². The van der Waals surface area contributed by atoms with E-state index in [1.54, 1.807) is 19.1 Å². The molecule has 0 bridgehead atoms. The van der Waals surface area contributed by atoms with Crippen molar-refractivity contribution in [1.29, 1.82) is 0 Å². The number of halogens is 1. The topological polar surface area (TPSA) is 29.1 Å². The van der Waals surface area contributed by atoms with E-state index in [4.69, 9.17) is 0 Å². The highest BCUT2D eigenvalue weighted by molar-refractivity contribution is 7.98. The molecule has 1 rings (SSSR count). The van der Waals surface area contributed by atoms with Crippen LogP contribution in [0, 0.1) is 12.7 Å². The number of hydrogen-bond acceptors (Lipinski definition) is 2. The minimum absolute atomic E-state index is 0.132. The third-order valence-corrected chi connectivity index (χ3v) is 3.63. The average Bonchev–Trinajstić information content (AvgIpc) is 2.37. The normalized spacial score (nSPS) is 10.5. The van der Waals surface area contributed by atoms with E-state index in [1.807, 2.05) is 11.8 Å². The second-order valence-electron chi connectivity index (χ2n) is 4.65. The van der Waals surface area contributed by atoms with E-state index in [9.17, 15) is 9.18 Å². The first-order chi connectivity index (χ1) is 9.15. The van der Waals surface area contributed by atoms with Gasteiger partial charge in [-0.25, -0.2) is 4.39 Å². The molecule has 106 valence electrons. The Hall–Kier alpha value is -1.03. The first-order valence-electron chi connectivity index (χ1n) is 6.68. The van der Waals surface area contributed by atoms with Crippen LogP contribution in [0.4, 0.5) is 4.39 Å². The quantitative estimate of drug-likeness (QED) is 0.735. The van der Waals surface area contributed by atoms with Gasteiger partial charge in [0, 0.05) is 6.54 Å². The highest BCUT2D eigenvalue weighted by Crippen LogP contribution is 2.10. The standard InChI is InChI=1S/C15H22FNOS/c1-12-7-8-13(14(16)11-12)15(18)17-9-5-3-4-6-10-19-2/h7-8,11H,3-6,9-10H2,1-2H3,(H,17,18). The summed E-state index contributed by atoms with van der Waals surface area (Å²) >= 11 is 1.86. The minimum Gasteiger partial charge on any atom is -0.352 e. The van der Waals surface area contributed by atoms with Crippen LogP contribution in [-0.4, -0.2) is 24.5 Å². The molecule has 0 aliphatic rings. The molecule has 1 N–H and O–H groups in total. The number of carbonyl (C=O) groups excluding carboxylic acids is 1. The van der Waals surface area contributed by atoms with E-state index < -0.39 is 5.82 Å². The maximum Gasteiger partial charge on any atom is 0.254 e. The molecule has 0 aliphatic carbocycles. The van der Waals surface area contributed by atoms with Crippen LogP contribution in [0.3, 0.4) is 0 Å². The highest BCUT2D eigenvalue weighted by Gasteiger charge is 2.10. The van der Waals surface area contributed by atoms with Crippen molar-refractivity contribution in [3.05, 3.63) is 35.1 Å².